The Balaban J connectivity index is 2.64. The Morgan fingerprint density at radius 2 is 1.67 bits per heavy atom. The van der Waals surface area contributed by atoms with Gasteiger partial charge in [0.15, 0.2) is 8.32 Å². The lowest BCUT2D eigenvalue weighted by atomic mass is 10.5. The van der Waals surface area contributed by atoms with Crippen LogP contribution in [0.15, 0.2) is 24.3 Å². The van der Waals surface area contributed by atoms with E-state index in [0.717, 1.165) is 0 Å². The van der Waals surface area contributed by atoms with E-state index in [-0.39, 0.29) is 0 Å². The maximum absolute atomic E-state index is 9.55. The van der Waals surface area contributed by atoms with Crippen molar-refractivity contribution >= 4 is 8.32 Å². The van der Waals surface area contributed by atoms with Crippen LogP contribution in [0.4, 0.5) is 0 Å². The molecule has 0 aliphatic heterocycles. The molecule has 1 aliphatic rings. The molecular weight excluding hydrogens is 128 g/mol. The Bertz CT molecular complexity index is 141. The third kappa shape index (κ3) is 1.53. The summed E-state index contributed by atoms with van der Waals surface area (Å²) >= 11 is 0. The first kappa shape index (κ1) is 6.77. The smallest absolute Gasteiger partial charge is 0.193 e. The number of hydrogen-bond acceptors (Lipinski definition) is 1. The van der Waals surface area contributed by atoms with E-state index >= 15 is 0 Å². The molecule has 50 valence electrons. The molecule has 0 spiro atoms. The van der Waals surface area contributed by atoms with Crippen LogP contribution >= 0.6 is 0 Å². The van der Waals surface area contributed by atoms with Crippen molar-refractivity contribution in [3.63, 3.8) is 0 Å². The second-order valence-corrected chi connectivity index (χ2v) is 6.92. The van der Waals surface area contributed by atoms with Crippen LogP contribution in [0.3, 0.4) is 0 Å². The van der Waals surface area contributed by atoms with Crippen LogP contribution in [-0.4, -0.2) is 13.1 Å². The molecule has 1 N–H and O–H groups in total. The number of allylic oxidation sites excluding steroid dienone is 4. The maximum Gasteiger partial charge on any atom is 0.193 e. The predicted molar refractivity (Wildman–Crippen MR) is 41.7 cm³/mol. The summed E-state index contributed by atoms with van der Waals surface area (Å²) in [5.41, 5.74) is 0.345. The quantitative estimate of drug-likeness (QED) is 0.549. The van der Waals surface area contributed by atoms with Crippen LogP contribution < -0.4 is 0 Å². The van der Waals surface area contributed by atoms with Gasteiger partial charge in [-0.1, -0.05) is 24.3 Å². The van der Waals surface area contributed by atoms with Crippen LogP contribution in [0, 0.1) is 0 Å². The van der Waals surface area contributed by atoms with Gasteiger partial charge in [-0.25, -0.2) is 0 Å². The van der Waals surface area contributed by atoms with Gasteiger partial charge in [0.05, 0.1) is 0 Å². The van der Waals surface area contributed by atoms with Crippen molar-refractivity contribution in [3.05, 3.63) is 24.3 Å². The van der Waals surface area contributed by atoms with Crippen LogP contribution in [0.2, 0.25) is 18.6 Å². The van der Waals surface area contributed by atoms with Gasteiger partial charge in [0.25, 0.3) is 0 Å². The first-order chi connectivity index (χ1) is 4.11. The minimum atomic E-state index is -1.90. The van der Waals surface area contributed by atoms with E-state index in [1.807, 2.05) is 25.2 Å². The number of hydrogen-bond donors (Lipinski definition) is 1. The highest BCUT2D eigenvalue weighted by atomic mass is 28.4. The lowest BCUT2D eigenvalue weighted by Gasteiger charge is -2.18. The topological polar surface area (TPSA) is 20.2 Å². The van der Waals surface area contributed by atoms with Crippen molar-refractivity contribution in [3.8, 4) is 0 Å². The van der Waals surface area contributed by atoms with Crippen molar-refractivity contribution in [1.29, 1.82) is 0 Å². The summed E-state index contributed by atoms with van der Waals surface area (Å²) in [6, 6.07) is 0. The number of rotatable bonds is 1. The molecule has 0 saturated carbocycles. The van der Waals surface area contributed by atoms with Gasteiger partial charge >= 0.3 is 0 Å². The first-order valence-corrected chi connectivity index (χ1v) is 6.20. The Labute approximate surface area is 56.8 Å². The monoisotopic (exact) mass is 140 g/mol. The standard InChI is InChI=1S/C7H12OSi/c1-9(2,8)7-5-3-4-6-7/h3-8H,1-2H3. The Morgan fingerprint density at radius 1 is 1.22 bits per heavy atom. The molecule has 0 bridgehead atoms. The summed E-state index contributed by atoms with van der Waals surface area (Å²) in [7, 11) is -1.90. The fourth-order valence-corrected chi connectivity index (χ4v) is 2.07. The zero-order chi connectivity index (χ0) is 6.91. The molecule has 0 radical (unpaired) electrons. The zero-order valence-corrected chi connectivity index (χ0v) is 6.83. The van der Waals surface area contributed by atoms with Gasteiger partial charge in [0.2, 0.25) is 0 Å². The van der Waals surface area contributed by atoms with Crippen LogP contribution in [0.5, 0.6) is 0 Å². The van der Waals surface area contributed by atoms with Crippen molar-refractivity contribution < 1.29 is 4.80 Å². The van der Waals surface area contributed by atoms with Crippen molar-refractivity contribution in [2.24, 2.45) is 0 Å². The molecule has 0 aromatic carbocycles. The lowest BCUT2D eigenvalue weighted by molar-refractivity contribution is 0.546. The molecule has 1 nitrogen and oxygen atoms in total. The molecule has 0 aromatic rings. The minimum absolute atomic E-state index is 0.345. The summed E-state index contributed by atoms with van der Waals surface area (Å²) in [5.74, 6) is 0. The zero-order valence-electron chi connectivity index (χ0n) is 5.83. The molecule has 2 heteroatoms. The van der Waals surface area contributed by atoms with E-state index in [2.05, 4.69) is 12.2 Å². The predicted octanol–water partition coefficient (Wildman–Crippen LogP) is 1.68. The van der Waals surface area contributed by atoms with Gasteiger partial charge in [-0.05, 0) is 13.1 Å². The van der Waals surface area contributed by atoms with Crippen LogP contribution in [0.25, 0.3) is 0 Å². The highest BCUT2D eigenvalue weighted by Crippen LogP contribution is 2.25. The van der Waals surface area contributed by atoms with Crippen molar-refractivity contribution in [1.82, 2.24) is 0 Å². The molecule has 1 rings (SSSR count). The second kappa shape index (κ2) is 2.12. The van der Waals surface area contributed by atoms with E-state index in [1.165, 1.54) is 0 Å². The van der Waals surface area contributed by atoms with Gasteiger partial charge in [-0.3, -0.25) is 0 Å². The van der Waals surface area contributed by atoms with Gasteiger partial charge in [0.1, 0.15) is 0 Å². The van der Waals surface area contributed by atoms with Crippen LogP contribution in [0.1, 0.15) is 0 Å². The second-order valence-electron chi connectivity index (χ2n) is 2.95. The van der Waals surface area contributed by atoms with E-state index in [1.54, 1.807) is 0 Å². The summed E-state index contributed by atoms with van der Waals surface area (Å²) in [6.07, 6.45) is 8.11. The first-order valence-electron chi connectivity index (χ1n) is 3.18. The Morgan fingerprint density at radius 3 is 1.89 bits per heavy atom. The van der Waals surface area contributed by atoms with Crippen LogP contribution in [-0.2, 0) is 0 Å². The van der Waals surface area contributed by atoms with Gasteiger partial charge in [-0.2, -0.15) is 0 Å². The average Bonchev–Trinajstić information content (AvgIpc) is 2.08. The molecule has 0 aromatic heterocycles. The van der Waals surface area contributed by atoms with E-state index in [4.69, 9.17) is 0 Å². The molecule has 0 amide bonds. The Hall–Kier alpha value is -0.343. The Kier molecular flexibility index (Phi) is 1.59. The molecule has 0 unspecified atom stereocenters. The van der Waals surface area contributed by atoms with E-state index < -0.39 is 8.32 Å². The normalized spacial score (nSPS) is 19.4. The molecule has 9 heavy (non-hydrogen) atoms. The fraction of sp³-hybridized carbons (Fsp3) is 0.429. The maximum atomic E-state index is 9.55. The molecule has 0 atom stereocenters. The molecule has 1 aliphatic carbocycles. The SMILES string of the molecule is C[Si](C)(O)C1C=CC=C1. The van der Waals surface area contributed by atoms with E-state index in [9.17, 15) is 4.80 Å². The van der Waals surface area contributed by atoms with Gasteiger partial charge < -0.3 is 4.80 Å². The molecule has 0 fully saturated rings. The van der Waals surface area contributed by atoms with Gasteiger partial charge in [-0.15, -0.1) is 0 Å². The van der Waals surface area contributed by atoms with Gasteiger partial charge in [0, 0.05) is 5.54 Å². The van der Waals surface area contributed by atoms with E-state index in [0.29, 0.717) is 5.54 Å². The third-order valence-corrected chi connectivity index (χ3v) is 3.58. The minimum Gasteiger partial charge on any atom is -0.431 e. The molecular formula is C7H12OSi. The summed E-state index contributed by atoms with van der Waals surface area (Å²) in [5, 5.41) is 0. The largest absolute Gasteiger partial charge is 0.431 e. The summed E-state index contributed by atoms with van der Waals surface area (Å²) < 4.78 is 0. The fourth-order valence-electron chi connectivity index (χ4n) is 0.903. The lowest BCUT2D eigenvalue weighted by Crippen LogP contribution is -2.29. The summed E-state index contributed by atoms with van der Waals surface area (Å²) in [6.45, 7) is 3.91. The highest BCUT2D eigenvalue weighted by molar-refractivity contribution is 6.72. The molecule has 0 saturated heterocycles. The van der Waals surface area contributed by atoms with Crippen molar-refractivity contribution in [2.45, 2.75) is 18.6 Å². The highest BCUT2D eigenvalue weighted by Gasteiger charge is 2.26. The average molecular weight is 140 g/mol. The summed E-state index contributed by atoms with van der Waals surface area (Å²) in [4.78, 5) is 9.55. The molecule has 0 heterocycles. The van der Waals surface area contributed by atoms with Crippen molar-refractivity contribution in [2.75, 3.05) is 0 Å². The third-order valence-electron chi connectivity index (χ3n) is 1.56.